The molecule has 0 fully saturated rings. The number of ether oxygens (including phenoxy) is 3. The van der Waals surface area contributed by atoms with Gasteiger partial charge in [0.05, 0.1) is 26.2 Å². The van der Waals surface area contributed by atoms with Gasteiger partial charge < -0.3 is 19.3 Å². The number of hydrogen-bond donors (Lipinski definition) is 1. The summed E-state index contributed by atoms with van der Waals surface area (Å²) in [4.78, 5) is 13.3. The fraction of sp³-hybridized carbons (Fsp3) is 0.211. The molecule has 0 aliphatic heterocycles. The first-order valence-corrected chi connectivity index (χ1v) is 8.66. The Kier molecular flexibility index (Phi) is 6.36. The second kappa shape index (κ2) is 8.48. The van der Waals surface area contributed by atoms with Crippen molar-refractivity contribution in [2.75, 3.05) is 27.6 Å². The molecule has 0 aliphatic rings. The lowest BCUT2D eigenvalue weighted by molar-refractivity contribution is 0.104. The van der Waals surface area contributed by atoms with Crippen LogP contribution >= 0.6 is 11.8 Å². The second-order valence-corrected chi connectivity index (χ2v) is 5.89. The molecular weight excluding hydrogens is 340 g/mol. The molecule has 6 heteroatoms. The number of thioether (sulfide) groups is 1. The monoisotopic (exact) mass is 360 g/mol. The quantitative estimate of drug-likeness (QED) is 0.457. The average Bonchev–Trinajstić information content (AvgIpc) is 2.64. The van der Waals surface area contributed by atoms with Crippen LogP contribution in [0.4, 0.5) is 0 Å². The van der Waals surface area contributed by atoms with Crippen LogP contribution in [0.25, 0.3) is 6.08 Å². The molecule has 0 heterocycles. The van der Waals surface area contributed by atoms with Crippen molar-refractivity contribution in [3.05, 3.63) is 47.5 Å². The molecule has 132 valence electrons. The predicted molar refractivity (Wildman–Crippen MR) is 99.4 cm³/mol. The summed E-state index contributed by atoms with van der Waals surface area (Å²) in [6, 6.07) is 8.34. The number of phenolic OH excluding ortho intramolecular Hbond substituents is 1. The zero-order valence-electron chi connectivity index (χ0n) is 14.5. The number of rotatable bonds is 7. The number of ketones is 1. The van der Waals surface area contributed by atoms with E-state index in [9.17, 15) is 9.90 Å². The van der Waals surface area contributed by atoms with Gasteiger partial charge in [0.1, 0.15) is 0 Å². The third kappa shape index (κ3) is 4.28. The van der Waals surface area contributed by atoms with Crippen LogP contribution in [0.2, 0.25) is 0 Å². The third-order valence-electron chi connectivity index (χ3n) is 3.58. The zero-order chi connectivity index (χ0) is 18.4. The van der Waals surface area contributed by atoms with Crippen molar-refractivity contribution < 1.29 is 24.1 Å². The van der Waals surface area contributed by atoms with E-state index >= 15 is 0 Å². The van der Waals surface area contributed by atoms with E-state index in [0.29, 0.717) is 28.4 Å². The number of carbonyl (C=O) groups excluding carboxylic acids is 1. The van der Waals surface area contributed by atoms with Crippen LogP contribution in [0.15, 0.2) is 41.3 Å². The minimum Gasteiger partial charge on any atom is -0.504 e. The highest BCUT2D eigenvalue weighted by Gasteiger charge is 2.14. The van der Waals surface area contributed by atoms with E-state index in [1.807, 2.05) is 6.26 Å². The zero-order valence-corrected chi connectivity index (χ0v) is 15.3. The first-order valence-electron chi connectivity index (χ1n) is 7.43. The molecule has 0 saturated heterocycles. The van der Waals surface area contributed by atoms with E-state index in [1.54, 1.807) is 37.5 Å². The SMILES string of the molecule is COc1ccc(/C=C/C(=O)c2cc(OC)c(OC)c(SC)c2)cc1O. The number of methoxy groups -OCH3 is 3. The van der Waals surface area contributed by atoms with Gasteiger partial charge in [0.2, 0.25) is 0 Å². The van der Waals surface area contributed by atoms with Gasteiger partial charge in [-0.05, 0) is 42.2 Å². The number of hydrogen-bond acceptors (Lipinski definition) is 6. The van der Waals surface area contributed by atoms with Gasteiger partial charge in [-0.1, -0.05) is 12.1 Å². The standard InChI is InChI=1S/C19H20O5S/c1-22-16-8-6-12(9-15(16)21)5-7-14(20)13-10-17(23-2)19(24-3)18(11-13)25-4/h5-11,21H,1-4H3/b7-5+. The van der Waals surface area contributed by atoms with Gasteiger partial charge in [-0.2, -0.15) is 0 Å². The Morgan fingerprint density at radius 1 is 1.04 bits per heavy atom. The number of phenols is 1. The Balaban J connectivity index is 2.30. The molecule has 5 nitrogen and oxygen atoms in total. The van der Waals surface area contributed by atoms with Crippen LogP contribution in [0, 0.1) is 0 Å². The first-order chi connectivity index (χ1) is 12.0. The Morgan fingerprint density at radius 3 is 2.32 bits per heavy atom. The molecule has 2 rings (SSSR count). The largest absolute Gasteiger partial charge is 0.504 e. The average molecular weight is 360 g/mol. The van der Waals surface area contributed by atoms with Crippen molar-refractivity contribution >= 4 is 23.6 Å². The van der Waals surface area contributed by atoms with Crippen LogP contribution in [-0.2, 0) is 0 Å². The molecule has 0 amide bonds. The van der Waals surface area contributed by atoms with E-state index < -0.39 is 0 Å². The predicted octanol–water partition coefficient (Wildman–Crippen LogP) is 4.04. The van der Waals surface area contributed by atoms with Crippen molar-refractivity contribution in [3.63, 3.8) is 0 Å². The summed E-state index contributed by atoms with van der Waals surface area (Å²) >= 11 is 1.47. The molecule has 0 saturated carbocycles. The molecule has 0 radical (unpaired) electrons. The molecule has 0 bridgehead atoms. The number of allylic oxidation sites excluding steroid dienone is 1. The lowest BCUT2D eigenvalue weighted by Crippen LogP contribution is -1.99. The molecule has 0 atom stereocenters. The van der Waals surface area contributed by atoms with Crippen LogP contribution < -0.4 is 14.2 Å². The number of aromatic hydroxyl groups is 1. The van der Waals surface area contributed by atoms with Gasteiger partial charge in [-0.25, -0.2) is 0 Å². The van der Waals surface area contributed by atoms with Crippen molar-refractivity contribution in [2.24, 2.45) is 0 Å². The normalized spacial score (nSPS) is 10.7. The summed E-state index contributed by atoms with van der Waals surface area (Å²) in [7, 11) is 4.58. The fourth-order valence-corrected chi connectivity index (χ4v) is 2.92. The Hall–Kier alpha value is -2.60. The number of carbonyl (C=O) groups is 1. The molecule has 0 spiro atoms. The molecule has 25 heavy (non-hydrogen) atoms. The van der Waals surface area contributed by atoms with Gasteiger partial charge >= 0.3 is 0 Å². The van der Waals surface area contributed by atoms with Gasteiger partial charge in [0.15, 0.2) is 28.8 Å². The Labute approximate surface area is 151 Å². The van der Waals surface area contributed by atoms with E-state index in [-0.39, 0.29) is 11.5 Å². The van der Waals surface area contributed by atoms with E-state index in [0.717, 1.165) is 4.90 Å². The van der Waals surface area contributed by atoms with Crippen molar-refractivity contribution in [1.29, 1.82) is 0 Å². The van der Waals surface area contributed by atoms with Crippen LogP contribution in [-0.4, -0.2) is 38.5 Å². The minimum atomic E-state index is -0.174. The molecule has 0 aromatic heterocycles. The van der Waals surface area contributed by atoms with Gasteiger partial charge in [0.25, 0.3) is 0 Å². The summed E-state index contributed by atoms with van der Waals surface area (Å²) in [6.07, 6.45) is 4.99. The summed E-state index contributed by atoms with van der Waals surface area (Å²) in [5.41, 5.74) is 1.19. The Bertz CT molecular complexity index is 773. The fourth-order valence-electron chi connectivity index (χ4n) is 2.30. The summed E-state index contributed by atoms with van der Waals surface area (Å²) in [5.74, 6) is 1.34. The Morgan fingerprint density at radius 2 is 1.76 bits per heavy atom. The molecule has 0 unspecified atom stereocenters. The van der Waals surface area contributed by atoms with Crippen LogP contribution in [0.1, 0.15) is 15.9 Å². The highest BCUT2D eigenvalue weighted by atomic mass is 32.2. The van der Waals surface area contributed by atoms with Gasteiger partial charge in [-0.3, -0.25) is 4.79 Å². The first kappa shape index (κ1) is 18.7. The molecule has 1 N–H and O–H groups in total. The smallest absolute Gasteiger partial charge is 0.186 e. The van der Waals surface area contributed by atoms with Crippen LogP contribution in [0.3, 0.4) is 0 Å². The topological polar surface area (TPSA) is 65.0 Å². The van der Waals surface area contributed by atoms with Crippen molar-refractivity contribution in [3.8, 4) is 23.0 Å². The molecule has 0 aliphatic carbocycles. The molecule has 2 aromatic rings. The molecular formula is C19H20O5S. The van der Waals surface area contributed by atoms with E-state index in [1.165, 1.54) is 38.1 Å². The summed E-state index contributed by atoms with van der Waals surface area (Å²) in [5, 5.41) is 9.79. The highest BCUT2D eigenvalue weighted by molar-refractivity contribution is 7.98. The second-order valence-electron chi connectivity index (χ2n) is 5.04. The number of benzene rings is 2. The molecule has 2 aromatic carbocycles. The highest BCUT2D eigenvalue weighted by Crippen LogP contribution is 2.38. The van der Waals surface area contributed by atoms with Crippen molar-refractivity contribution in [1.82, 2.24) is 0 Å². The van der Waals surface area contributed by atoms with Gasteiger partial charge in [-0.15, -0.1) is 11.8 Å². The maximum Gasteiger partial charge on any atom is 0.186 e. The maximum absolute atomic E-state index is 12.5. The maximum atomic E-state index is 12.5. The lowest BCUT2D eigenvalue weighted by atomic mass is 10.1. The summed E-state index contributed by atoms with van der Waals surface area (Å²) < 4.78 is 15.7. The minimum absolute atomic E-state index is 0.0212. The van der Waals surface area contributed by atoms with E-state index in [4.69, 9.17) is 14.2 Å². The van der Waals surface area contributed by atoms with Crippen molar-refractivity contribution in [2.45, 2.75) is 4.90 Å². The van der Waals surface area contributed by atoms with E-state index in [2.05, 4.69) is 0 Å². The third-order valence-corrected chi connectivity index (χ3v) is 4.32. The summed E-state index contributed by atoms with van der Waals surface area (Å²) in [6.45, 7) is 0. The lowest BCUT2D eigenvalue weighted by Gasteiger charge is -2.12. The van der Waals surface area contributed by atoms with Gasteiger partial charge in [0, 0.05) is 5.56 Å². The van der Waals surface area contributed by atoms with Crippen LogP contribution in [0.5, 0.6) is 23.0 Å².